The monoisotopic (exact) mass is 222 g/mol. The largest absolute Gasteiger partial charge is 0.461 e. The van der Waals surface area contributed by atoms with Gasteiger partial charge >= 0.3 is 5.97 Å². The molecule has 0 N–H and O–H groups in total. The summed E-state index contributed by atoms with van der Waals surface area (Å²) in [7, 11) is 0. The quantitative estimate of drug-likeness (QED) is 0.537. The van der Waals surface area contributed by atoms with E-state index in [2.05, 4.69) is 26.5 Å². The van der Waals surface area contributed by atoms with Gasteiger partial charge in [0.2, 0.25) is 0 Å². The number of allylic oxidation sites excluding steroid dienone is 2. The maximum atomic E-state index is 10.7. The molecule has 0 fully saturated rings. The van der Waals surface area contributed by atoms with Crippen LogP contribution in [0.15, 0.2) is 23.8 Å². The van der Waals surface area contributed by atoms with Gasteiger partial charge in [0.25, 0.3) is 0 Å². The lowest BCUT2D eigenvalue weighted by Crippen LogP contribution is -2.19. The van der Waals surface area contributed by atoms with Crippen molar-refractivity contribution in [1.82, 2.24) is 0 Å². The van der Waals surface area contributed by atoms with Crippen LogP contribution in [-0.4, -0.2) is 12.6 Å². The molecule has 2 atom stereocenters. The topological polar surface area (TPSA) is 26.3 Å². The van der Waals surface area contributed by atoms with Gasteiger partial charge in [-0.25, -0.2) is 0 Å². The zero-order valence-corrected chi connectivity index (χ0v) is 10.6. The van der Waals surface area contributed by atoms with E-state index < -0.39 is 0 Å². The van der Waals surface area contributed by atoms with Crippen molar-refractivity contribution in [2.24, 2.45) is 11.8 Å². The van der Waals surface area contributed by atoms with E-state index in [4.69, 9.17) is 4.74 Å². The maximum absolute atomic E-state index is 10.7. The van der Waals surface area contributed by atoms with Crippen LogP contribution in [0.5, 0.6) is 0 Å². The lowest BCUT2D eigenvalue weighted by atomic mass is 9.79. The van der Waals surface area contributed by atoms with Crippen LogP contribution in [0.2, 0.25) is 0 Å². The molecule has 0 bridgehead atoms. The summed E-state index contributed by atoms with van der Waals surface area (Å²) in [6, 6.07) is 0. The van der Waals surface area contributed by atoms with Crippen molar-refractivity contribution < 1.29 is 9.53 Å². The molecule has 16 heavy (non-hydrogen) atoms. The normalized spacial score (nSPS) is 22.2. The highest BCUT2D eigenvalue weighted by atomic mass is 16.5. The zero-order chi connectivity index (χ0) is 12.1. The molecule has 1 aliphatic rings. The Balaban J connectivity index is 2.42. The van der Waals surface area contributed by atoms with Gasteiger partial charge in [-0.2, -0.15) is 0 Å². The first-order valence-electron chi connectivity index (χ1n) is 5.97. The molecule has 0 amide bonds. The molecule has 2 unspecified atom stereocenters. The standard InChI is InChI=1S/C14H22O2/c1-10-5-7-14(8-6-10)12(3)11(2)9-16-13(4)15/h5,12,14H,2,6-9H2,1,3-4H3. The molecule has 0 aromatic carbocycles. The number of hydrogen-bond acceptors (Lipinski definition) is 2. The molecule has 0 heterocycles. The Kier molecular flexibility index (Phi) is 4.78. The van der Waals surface area contributed by atoms with E-state index in [0.717, 1.165) is 12.0 Å². The first-order chi connectivity index (χ1) is 7.50. The summed E-state index contributed by atoms with van der Waals surface area (Å²) >= 11 is 0. The fourth-order valence-corrected chi connectivity index (χ4v) is 2.10. The Morgan fingerprint density at radius 2 is 2.38 bits per heavy atom. The number of esters is 1. The van der Waals surface area contributed by atoms with Gasteiger partial charge in [-0.15, -0.1) is 0 Å². The van der Waals surface area contributed by atoms with Crippen molar-refractivity contribution >= 4 is 5.97 Å². The molecule has 0 saturated heterocycles. The third-order valence-corrected chi connectivity index (χ3v) is 3.49. The third kappa shape index (κ3) is 3.84. The molecule has 0 spiro atoms. The van der Waals surface area contributed by atoms with Gasteiger partial charge in [-0.1, -0.05) is 25.2 Å². The average molecular weight is 222 g/mol. The molecule has 0 aromatic heterocycles. The zero-order valence-electron chi connectivity index (χ0n) is 10.6. The van der Waals surface area contributed by atoms with Gasteiger partial charge in [-0.05, 0) is 43.6 Å². The predicted octanol–water partition coefficient (Wildman–Crippen LogP) is 3.49. The molecular weight excluding hydrogens is 200 g/mol. The number of hydrogen-bond donors (Lipinski definition) is 0. The smallest absolute Gasteiger partial charge is 0.302 e. The van der Waals surface area contributed by atoms with Gasteiger partial charge in [-0.3, -0.25) is 4.79 Å². The highest BCUT2D eigenvalue weighted by Crippen LogP contribution is 2.32. The molecular formula is C14H22O2. The van der Waals surface area contributed by atoms with Crippen LogP contribution in [0.25, 0.3) is 0 Å². The van der Waals surface area contributed by atoms with Crippen molar-refractivity contribution in [2.75, 3.05) is 6.61 Å². The Morgan fingerprint density at radius 3 is 2.88 bits per heavy atom. The second-order valence-corrected chi connectivity index (χ2v) is 4.81. The van der Waals surface area contributed by atoms with Crippen LogP contribution >= 0.6 is 0 Å². The number of carbonyl (C=O) groups excluding carboxylic acids is 1. The van der Waals surface area contributed by atoms with Crippen molar-refractivity contribution in [2.45, 2.75) is 40.0 Å². The van der Waals surface area contributed by atoms with Crippen molar-refractivity contribution in [3.63, 3.8) is 0 Å². The second kappa shape index (κ2) is 5.88. The van der Waals surface area contributed by atoms with Crippen molar-refractivity contribution in [3.8, 4) is 0 Å². The first kappa shape index (κ1) is 13.0. The van der Waals surface area contributed by atoms with E-state index >= 15 is 0 Å². The molecule has 2 heteroatoms. The van der Waals surface area contributed by atoms with Crippen molar-refractivity contribution in [3.05, 3.63) is 23.8 Å². The summed E-state index contributed by atoms with van der Waals surface area (Å²) in [6.07, 6.45) is 5.87. The van der Waals surface area contributed by atoms with Gasteiger partial charge < -0.3 is 4.74 Å². The van der Waals surface area contributed by atoms with Crippen LogP contribution < -0.4 is 0 Å². The van der Waals surface area contributed by atoms with E-state index in [9.17, 15) is 4.79 Å². The van der Waals surface area contributed by atoms with Crippen molar-refractivity contribution in [1.29, 1.82) is 0 Å². The Morgan fingerprint density at radius 1 is 1.69 bits per heavy atom. The molecule has 90 valence electrons. The summed E-state index contributed by atoms with van der Waals surface area (Å²) in [4.78, 5) is 10.7. The van der Waals surface area contributed by atoms with E-state index in [1.54, 1.807) is 0 Å². The summed E-state index contributed by atoms with van der Waals surface area (Å²) in [5.74, 6) is 0.864. The highest BCUT2D eigenvalue weighted by Gasteiger charge is 2.21. The molecule has 0 saturated carbocycles. The van der Waals surface area contributed by atoms with Gasteiger partial charge in [0, 0.05) is 6.92 Å². The van der Waals surface area contributed by atoms with E-state index in [1.165, 1.54) is 25.3 Å². The Bertz CT molecular complexity index is 302. The minimum absolute atomic E-state index is 0.229. The lowest BCUT2D eigenvalue weighted by Gasteiger charge is -2.27. The highest BCUT2D eigenvalue weighted by molar-refractivity contribution is 5.66. The summed E-state index contributed by atoms with van der Waals surface area (Å²) < 4.78 is 4.98. The molecule has 1 aliphatic carbocycles. The van der Waals surface area contributed by atoms with Crippen LogP contribution in [-0.2, 0) is 9.53 Å². The fraction of sp³-hybridized carbons (Fsp3) is 0.643. The van der Waals surface area contributed by atoms with Gasteiger partial charge in [0.1, 0.15) is 6.61 Å². The Hall–Kier alpha value is -1.05. The second-order valence-electron chi connectivity index (χ2n) is 4.81. The molecule has 0 aliphatic heterocycles. The number of ether oxygens (including phenoxy) is 1. The lowest BCUT2D eigenvalue weighted by molar-refractivity contribution is -0.140. The van der Waals surface area contributed by atoms with E-state index in [0.29, 0.717) is 18.4 Å². The molecule has 0 aromatic rings. The number of rotatable bonds is 4. The average Bonchev–Trinajstić information content (AvgIpc) is 2.26. The van der Waals surface area contributed by atoms with Gasteiger partial charge in [0.05, 0.1) is 0 Å². The van der Waals surface area contributed by atoms with Crippen LogP contribution in [0, 0.1) is 11.8 Å². The number of carbonyl (C=O) groups is 1. The van der Waals surface area contributed by atoms with E-state index in [1.807, 2.05) is 0 Å². The summed E-state index contributed by atoms with van der Waals surface area (Å²) in [5.41, 5.74) is 2.53. The first-order valence-corrected chi connectivity index (χ1v) is 5.97. The molecule has 0 radical (unpaired) electrons. The maximum Gasteiger partial charge on any atom is 0.302 e. The predicted molar refractivity (Wildman–Crippen MR) is 66.0 cm³/mol. The summed E-state index contributed by atoms with van der Waals surface area (Å²) in [6.45, 7) is 10.2. The molecule has 1 rings (SSSR count). The van der Waals surface area contributed by atoms with Gasteiger partial charge in [0.15, 0.2) is 0 Å². The SMILES string of the molecule is C=C(COC(C)=O)C(C)C1CC=C(C)CC1. The van der Waals surface area contributed by atoms with Crippen LogP contribution in [0.3, 0.4) is 0 Å². The minimum Gasteiger partial charge on any atom is -0.461 e. The molecule has 2 nitrogen and oxygen atoms in total. The van der Waals surface area contributed by atoms with Crippen LogP contribution in [0.4, 0.5) is 0 Å². The fourth-order valence-electron chi connectivity index (χ4n) is 2.10. The Labute approximate surface area is 98.4 Å². The van der Waals surface area contributed by atoms with Crippen LogP contribution in [0.1, 0.15) is 40.0 Å². The minimum atomic E-state index is -0.229. The summed E-state index contributed by atoms with van der Waals surface area (Å²) in [5, 5.41) is 0. The van der Waals surface area contributed by atoms with E-state index in [-0.39, 0.29) is 5.97 Å². The third-order valence-electron chi connectivity index (χ3n) is 3.49.